The topological polar surface area (TPSA) is 42.9 Å². The number of ketones is 1. The summed E-state index contributed by atoms with van der Waals surface area (Å²) >= 11 is 6.02. The number of hydrogen-bond acceptors (Lipinski definition) is 3. The maximum atomic E-state index is 12.3. The minimum atomic E-state index is -0.219. The monoisotopic (exact) mass is 268 g/mol. The van der Waals surface area contributed by atoms with Crippen LogP contribution in [0.1, 0.15) is 16.1 Å². The fourth-order valence-electron chi connectivity index (χ4n) is 1.85. The predicted octanol–water partition coefficient (Wildman–Crippen LogP) is 3.51. The summed E-state index contributed by atoms with van der Waals surface area (Å²) in [6.45, 7) is 0. The molecule has 0 spiro atoms. The number of fused-ring (bicyclic) bond motifs is 1. The molecule has 1 heterocycles. The van der Waals surface area contributed by atoms with Gasteiger partial charge in [-0.1, -0.05) is 35.9 Å². The molecular formula is C15H9ClN2O. The maximum Gasteiger partial charge on any atom is 0.214 e. The fourth-order valence-corrected chi connectivity index (χ4v) is 2.07. The Balaban J connectivity index is 2.09. The van der Waals surface area contributed by atoms with Crippen LogP contribution in [-0.4, -0.2) is 15.8 Å². The van der Waals surface area contributed by atoms with Gasteiger partial charge in [-0.3, -0.25) is 9.78 Å². The molecule has 0 aliphatic carbocycles. The van der Waals surface area contributed by atoms with Gasteiger partial charge in [0.2, 0.25) is 5.78 Å². The second kappa shape index (κ2) is 4.78. The second-order valence-electron chi connectivity index (χ2n) is 4.05. The molecule has 0 fully saturated rings. The Morgan fingerprint density at radius 2 is 1.63 bits per heavy atom. The van der Waals surface area contributed by atoms with Crippen molar-refractivity contribution in [2.24, 2.45) is 0 Å². The number of carbonyl (C=O) groups is 1. The number of halogens is 1. The van der Waals surface area contributed by atoms with E-state index in [0.717, 1.165) is 5.52 Å². The minimum absolute atomic E-state index is 0.219. The molecule has 0 aliphatic heterocycles. The van der Waals surface area contributed by atoms with Crippen molar-refractivity contribution in [3.8, 4) is 0 Å². The standard InChI is InChI=1S/C15H9ClN2O/c16-11-6-2-1-5-10(11)15(19)14-9-17-12-7-3-4-8-13(12)18-14/h1-9H. The first-order valence-corrected chi connectivity index (χ1v) is 6.14. The largest absolute Gasteiger partial charge is 0.287 e. The van der Waals surface area contributed by atoms with Crippen LogP contribution in [0, 0.1) is 0 Å². The van der Waals surface area contributed by atoms with E-state index in [1.165, 1.54) is 6.20 Å². The Labute approximate surface area is 114 Å². The van der Waals surface area contributed by atoms with Crippen LogP contribution >= 0.6 is 11.6 Å². The van der Waals surface area contributed by atoms with Crippen LogP contribution < -0.4 is 0 Å². The molecule has 0 N–H and O–H groups in total. The lowest BCUT2D eigenvalue weighted by Gasteiger charge is -2.03. The van der Waals surface area contributed by atoms with E-state index in [4.69, 9.17) is 11.6 Å². The van der Waals surface area contributed by atoms with Crippen molar-refractivity contribution in [2.45, 2.75) is 0 Å². The molecule has 0 unspecified atom stereocenters. The first kappa shape index (κ1) is 11.8. The average Bonchev–Trinajstić information content (AvgIpc) is 2.46. The lowest BCUT2D eigenvalue weighted by Crippen LogP contribution is -2.05. The quantitative estimate of drug-likeness (QED) is 0.668. The van der Waals surface area contributed by atoms with Crippen LogP contribution in [-0.2, 0) is 0 Å². The zero-order valence-electron chi connectivity index (χ0n) is 9.88. The van der Waals surface area contributed by atoms with Gasteiger partial charge < -0.3 is 0 Å². The van der Waals surface area contributed by atoms with E-state index < -0.39 is 0 Å². The Kier molecular flexibility index (Phi) is 2.97. The van der Waals surface area contributed by atoms with E-state index in [-0.39, 0.29) is 5.78 Å². The van der Waals surface area contributed by atoms with Crippen molar-refractivity contribution < 1.29 is 4.79 Å². The summed E-state index contributed by atoms with van der Waals surface area (Å²) in [5.74, 6) is -0.219. The van der Waals surface area contributed by atoms with Gasteiger partial charge in [0.1, 0.15) is 5.69 Å². The molecule has 3 rings (SSSR count). The van der Waals surface area contributed by atoms with Crippen LogP contribution in [0.15, 0.2) is 54.7 Å². The molecule has 92 valence electrons. The zero-order valence-corrected chi connectivity index (χ0v) is 10.6. The first-order chi connectivity index (χ1) is 9.25. The molecular weight excluding hydrogens is 260 g/mol. The molecule has 3 nitrogen and oxygen atoms in total. The molecule has 2 aromatic carbocycles. The molecule has 0 aliphatic rings. The highest BCUT2D eigenvalue weighted by Crippen LogP contribution is 2.19. The van der Waals surface area contributed by atoms with Crippen molar-refractivity contribution in [1.29, 1.82) is 0 Å². The number of hydrogen-bond donors (Lipinski definition) is 0. The van der Waals surface area contributed by atoms with Crippen molar-refractivity contribution >= 4 is 28.4 Å². The van der Waals surface area contributed by atoms with Crippen molar-refractivity contribution in [3.05, 3.63) is 71.0 Å². The second-order valence-corrected chi connectivity index (χ2v) is 4.46. The lowest BCUT2D eigenvalue weighted by atomic mass is 10.1. The molecule has 4 heteroatoms. The van der Waals surface area contributed by atoms with Gasteiger partial charge >= 0.3 is 0 Å². The SMILES string of the molecule is O=C(c1cnc2ccccc2n1)c1ccccc1Cl. The Morgan fingerprint density at radius 3 is 2.42 bits per heavy atom. The normalized spacial score (nSPS) is 10.6. The Morgan fingerprint density at radius 1 is 0.947 bits per heavy atom. The summed E-state index contributed by atoms with van der Waals surface area (Å²) in [7, 11) is 0. The Hall–Kier alpha value is -2.26. The highest BCUT2D eigenvalue weighted by atomic mass is 35.5. The van der Waals surface area contributed by atoms with Gasteiger partial charge in [0.15, 0.2) is 0 Å². The highest BCUT2D eigenvalue weighted by Gasteiger charge is 2.14. The van der Waals surface area contributed by atoms with Crippen LogP contribution in [0.2, 0.25) is 5.02 Å². The molecule has 0 saturated carbocycles. The number of aromatic nitrogens is 2. The number of nitrogens with zero attached hydrogens (tertiary/aromatic N) is 2. The summed E-state index contributed by atoms with van der Waals surface area (Å²) in [6, 6.07) is 14.3. The van der Waals surface area contributed by atoms with Gasteiger partial charge in [0.25, 0.3) is 0 Å². The Bertz CT molecular complexity index is 771. The van der Waals surface area contributed by atoms with Crippen LogP contribution in [0.5, 0.6) is 0 Å². The maximum absolute atomic E-state index is 12.3. The summed E-state index contributed by atoms with van der Waals surface area (Å²) in [5, 5.41) is 0.419. The molecule has 1 aromatic heterocycles. The zero-order chi connectivity index (χ0) is 13.2. The van der Waals surface area contributed by atoms with Gasteiger partial charge in [-0.05, 0) is 24.3 Å². The smallest absolute Gasteiger partial charge is 0.214 e. The number of rotatable bonds is 2. The van der Waals surface area contributed by atoms with Crippen molar-refractivity contribution in [1.82, 2.24) is 9.97 Å². The summed E-state index contributed by atoms with van der Waals surface area (Å²) in [6.07, 6.45) is 1.48. The third-order valence-corrected chi connectivity index (χ3v) is 3.13. The molecule has 0 bridgehead atoms. The van der Waals surface area contributed by atoms with Gasteiger partial charge in [-0.25, -0.2) is 4.98 Å². The molecule has 0 atom stereocenters. The summed E-state index contributed by atoms with van der Waals surface area (Å²) < 4.78 is 0. The number of para-hydroxylation sites is 2. The predicted molar refractivity (Wildman–Crippen MR) is 74.4 cm³/mol. The molecule has 3 aromatic rings. The van der Waals surface area contributed by atoms with E-state index in [1.54, 1.807) is 24.3 Å². The molecule has 0 saturated heterocycles. The van der Waals surface area contributed by atoms with Crippen LogP contribution in [0.4, 0.5) is 0 Å². The van der Waals surface area contributed by atoms with Gasteiger partial charge in [-0.15, -0.1) is 0 Å². The fraction of sp³-hybridized carbons (Fsp3) is 0. The van der Waals surface area contributed by atoms with Gasteiger partial charge in [0, 0.05) is 5.56 Å². The van der Waals surface area contributed by atoms with E-state index in [1.807, 2.05) is 24.3 Å². The highest BCUT2D eigenvalue weighted by molar-refractivity contribution is 6.34. The minimum Gasteiger partial charge on any atom is -0.287 e. The molecule has 19 heavy (non-hydrogen) atoms. The third-order valence-electron chi connectivity index (χ3n) is 2.80. The van der Waals surface area contributed by atoms with Gasteiger partial charge in [0.05, 0.1) is 22.3 Å². The number of benzene rings is 2. The molecule has 0 radical (unpaired) electrons. The third kappa shape index (κ3) is 2.20. The van der Waals surface area contributed by atoms with Crippen LogP contribution in [0.3, 0.4) is 0 Å². The lowest BCUT2D eigenvalue weighted by molar-refractivity contribution is 0.103. The van der Waals surface area contributed by atoms with Gasteiger partial charge in [-0.2, -0.15) is 0 Å². The molecule has 0 amide bonds. The van der Waals surface area contributed by atoms with Crippen molar-refractivity contribution in [2.75, 3.05) is 0 Å². The summed E-state index contributed by atoms with van der Waals surface area (Å²) in [4.78, 5) is 20.9. The van der Waals surface area contributed by atoms with E-state index in [0.29, 0.717) is 21.8 Å². The van der Waals surface area contributed by atoms with E-state index >= 15 is 0 Å². The summed E-state index contributed by atoms with van der Waals surface area (Å²) in [5.41, 5.74) is 2.19. The first-order valence-electron chi connectivity index (χ1n) is 5.77. The average molecular weight is 269 g/mol. The van der Waals surface area contributed by atoms with E-state index in [9.17, 15) is 4.79 Å². The van der Waals surface area contributed by atoms with Crippen LogP contribution in [0.25, 0.3) is 11.0 Å². The van der Waals surface area contributed by atoms with Crippen molar-refractivity contribution in [3.63, 3.8) is 0 Å². The number of carbonyl (C=O) groups excluding carboxylic acids is 1. The van der Waals surface area contributed by atoms with E-state index in [2.05, 4.69) is 9.97 Å².